The molecule has 0 saturated carbocycles. The van der Waals surface area contributed by atoms with Crippen LogP contribution in [0.5, 0.6) is 17.2 Å². The Hall–Kier alpha value is -5.12. The summed E-state index contributed by atoms with van der Waals surface area (Å²) in [6, 6.07) is 12.0. The van der Waals surface area contributed by atoms with Crippen LogP contribution in [0, 0.1) is 0 Å². The van der Waals surface area contributed by atoms with Gasteiger partial charge in [-0.25, -0.2) is 0 Å². The van der Waals surface area contributed by atoms with Crippen molar-refractivity contribution in [3.8, 4) is 17.2 Å². The number of anilines is 2. The second-order valence-electron chi connectivity index (χ2n) is 8.85. The molecule has 3 aromatic carbocycles. The topological polar surface area (TPSA) is 198 Å². The standard InChI is InChI=1S/C28H27N5O9S/c1-16(35)29-24-13-20(43(37,38)39)12-17-4-9-21(28(36)27(17)24)31-33-23-15-25(40-2)22(14-26(23)41-3)32-30-18-5-7-19(8-6-18)42-11-10-34/h4-9,12-15,33-34H,10-11H2,1-3H3,(H,29,35)(H,37,38,39)/b31-21-,32-30+. The van der Waals surface area contributed by atoms with Gasteiger partial charge in [0.1, 0.15) is 40.9 Å². The number of hydrogen-bond acceptors (Lipinski definition) is 12. The molecule has 1 aliphatic rings. The fourth-order valence-electron chi connectivity index (χ4n) is 3.97. The van der Waals surface area contributed by atoms with Gasteiger partial charge < -0.3 is 24.6 Å². The number of methoxy groups -OCH3 is 2. The number of hydrogen-bond donors (Lipinski definition) is 4. The van der Waals surface area contributed by atoms with Crippen LogP contribution >= 0.6 is 0 Å². The molecule has 0 aliphatic heterocycles. The number of ether oxygens (including phenoxy) is 3. The SMILES string of the molecule is COc1cc(N/N=C2/C=Cc3cc(S(=O)(=O)O)cc(NC(C)=O)c3C2=O)c(OC)cc1/N=N/c1ccc(OCCO)cc1. The first-order chi connectivity index (χ1) is 20.5. The second kappa shape index (κ2) is 13.2. The van der Waals surface area contributed by atoms with E-state index in [2.05, 4.69) is 26.1 Å². The van der Waals surface area contributed by atoms with Gasteiger partial charge in [0.2, 0.25) is 11.7 Å². The first-order valence-corrected chi connectivity index (χ1v) is 14.0. The van der Waals surface area contributed by atoms with E-state index in [0.717, 1.165) is 12.1 Å². The maximum atomic E-state index is 13.3. The van der Waals surface area contributed by atoms with Crippen LogP contribution in [0.2, 0.25) is 0 Å². The van der Waals surface area contributed by atoms with Crippen molar-refractivity contribution in [2.45, 2.75) is 11.8 Å². The normalized spacial score (nSPS) is 13.6. The molecule has 0 heterocycles. The molecule has 0 bridgehead atoms. The molecule has 1 aliphatic carbocycles. The van der Waals surface area contributed by atoms with Crippen molar-refractivity contribution in [3.63, 3.8) is 0 Å². The number of amides is 1. The number of benzene rings is 3. The van der Waals surface area contributed by atoms with Gasteiger partial charge in [-0.05, 0) is 48.0 Å². The van der Waals surface area contributed by atoms with Gasteiger partial charge in [0.15, 0.2) is 0 Å². The summed E-state index contributed by atoms with van der Waals surface area (Å²) in [6.45, 7) is 1.28. The van der Waals surface area contributed by atoms with Crippen LogP contribution in [0.15, 0.2) is 74.8 Å². The largest absolute Gasteiger partial charge is 0.494 e. The Morgan fingerprint density at radius 3 is 2.30 bits per heavy atom. The average molecular weight is 610 g/mol. The Kier molecular flexibility index (Phi) is 9.49. The maximum absolute atomic E-state index is 13.3. The van der Waals surface area contributed by atoms with E-state index >= 15 is 0 Å². The lowest BCUT2D eigenvalue weighted by Crippen LogP contribution is -2.22. The lowest BCUT2D eigenvalue weighted by atomic mass is 9.93. The molecule has 14 nitrogen and oxygen atoms in total. The van der Waals surface area contributed by atoms with Crippen LogP contribution in [-0.4, -0.2) is 62.9 Å². The van der Waals surface area contributed by atoms with Gasteiger partial charge in [-0.3, -0.25) is 19.6 Å². The van der Waals surface area contributed by atoms with Gasteiger partial charge in [-0.15, -0.1) is 5.11 Å². The van der Waals surface area contributed by atoms with Gasteiger partial charge in [0.05, 0.1) is 42.7 Å². The number of nitrogens with zero attached hydrogens (tertiary/aromatic N) is 3. The molecule has 15 heteroatoms. The molecule has 0 aromatic heterocycles. The number of carbonyl (C=O) groups excluding carboxylic acids is 2. The Bertz CT molecular complexity index is 1750. The van der Waals surface area contributed by atoms with Crippen molar-refractivity contribution >= 4 is 56.3 Å². The van der Waals surface area contributed by atoms with E-state index < -0.39 is 26.7 Å². The van der Waals surface area contributed by atoms with Gasteiger partial charge in [0, 0.05) is 19.1 Å². The minimum Gasteiger partial charge on any atom is -0.494 e. The number of allylic oxidation sites excluding steroid dienone is 1. The number of fused-ring (bicyclic) bond motifs is 1. The molecular formula is C28H27N5O9S. The van der Waals surface area contributed by atoms with E-state index in [1.165, 1.54) is 33.3 Å². The van der Waals surface area contributed by atoms with Crippen molar-refractivity contribution in [1.29, 1.82) is 0 Å². The van der Waals surface area contributed by atoms with Crippen LogP contribution in [0.1, 0.15) is 22.8 Å². The van der Waals surface area contributed by atoms with E-state index in [1.54, 1.807) is 36.4 Å². The summed E-state index contributed by atoms with van der Waals surface area (Å²) in [5.74, 6) is 0.0350. The molecule has 0 spiro atoms. The van der Waals surface area contributed by atoms with Gasteiger partial charge >= 0.3 is 0 Å². The molecule has 1 amide bonds. The van der Waals surface area contributed by atoms with Crippen molar-refractivity contribution in [1.82, 2.24) is 0 Å². The van der Waals surface area contributed by atoms with Gasteiger partial charge in [-0.1, -0.05) is 6.08 Å². The van der Waals surface area contributed by atoms with Crippen molar-refractivity contribution in [2.24, 2.45) is 15.3 Å². The minimum atomic E-state index is -4.61. The van der Waals surface area contributed by atoms with E-state index in [1.807, 2.05) is 0 Å². The molecule has 0 saturated heterocycles. The summed E-state index contributed by atoms with van der Waals surface area (Å²) >= 11 is 0. The fourth-order valence-corrected chi connectivity index (χ4v) is 4.51. The van der Waals surface area contributed by atoms with Crippen molar-refractivity contribution in [2.75, 3.05) is 38.2 Å². The fraction of sp³-hybridized carbons (Fsp3) is 0.179. The highest BCUT2D eigenvalue weighted by Crippen LogP contribution is 2.39. The smallest absolute Gasteiger partial charge is 0.294 e. The highest BCUT2D eigenvalue weighted by Gasteiger charge is 2.27. The Morgan fingerprint density at radius 1 is 0.953 bits per heavy atom. The van der Waals surface area contributed by atoms with Crippen LogP contribution in [0.3, 0.4) is 0 Å². The Morgan fingerprint density at radius 2 is 1.67 bits per heavy atom. The number of rotatable bonds is 11. The third-order valence-electron chi connectivity index (χ3n) is 5.90. The summed E-state index contributed by atoms with van der Waals surface area (Å²) in [5.41, 5.74) is 3.99. The Balaban J connectivity index is 1.61. The summed E-state index contributed by atoms with van der Waals surface area (Å²) in [7, 11) is -1.73. The molecule has 0 atom stereocenters. The summed E-state index contributed by atoms with van der Waals surface area (Å²) < 4.78 is 49.2. The lowest BCUT2D eigenvalue weighted by molar-refractivity contribution is -0.114. The highest BCUT2D eigenvalue weighted by molar-refractivity contribution is 7.85. The number of nitrogens with one attached hydrogen (secondary N) is 2. The molecule has 4 rings (SSSR count). The monoisotopic (exact) mass is 609 g/mol. The third kappa shape index (κ3) is 7.40. The van der Waals surface area contributed by atoms with Crippen molar-refractivity contribution < 1.29 is 41.9 Å². The van der Waals surface area contributed by atoms with Crippen LogP contribution < -0.4 is 25.0 Å². The van der Waals surface area contributed by atoms with Gasteiger partial charge in [-0.2, -0.15) is 18.6 Å². The third-order valence-corrected chi connectivity index (χ3v) is 6.73. The summed E-state index contributed by atoms with van der Waals surface area (Å²) in [6.07, 6.45) is 2.79. The summed E-state index contributed by atoms with van der Waals surface area (Å²) in [5, 5.41) is 24.0. The number of carbonyl (C=O) groups is 2. The first-order valence-electron chi connectivity index (χ1n) is 12.5. The number of azo groups is 1. The zero-order valence-electron chi connectivity index (χ0n) is 23.2. The molecule has 4 N–H and O–H groups in total. The maximum Gasteiger partial charge on any atom is 0.294 e. The molecular weight excluding hydrogens is 582 g/mol. The number of hydrazone groups is 1. The van der Waals surface area contributed by atoms with Gasteiger partial charge in [0.25, 0.3) is 10.1 Å². The van der Waals surface area contributed by atoms with E-state index in [9.17, 15) is 22.6 Å². The second-order valence-corrected chi connectivity index (χ2v) is 10.3. The number of aliphatic hydroxyl groups is 1. The number of Topliss-reactive ketones (excluding diaryl/α,β-unsaturated/α-hetero) is 1. The Labute approximate surface area is 246 Å². The quantitative estimate of drug-likeness (QED) is 0.138. The predicted octanol–water partition coefficient (Wildman–Crippen LogP) is 4.37. The first kappa shape index (κ1) is 30.8. The minimum absolute atomic E-state index is 0.000975. The van der Waals surface area contributed by atoms with Crippen LogP contribution in [0.4, 0.5) is 22.7 Å². The molecule has 0 fully saturated rings. The van der Waals surface area contributed by atoms with E-state index in [-0.39, 0.29) is 35.7 Å². The zero-order valence-corrected chi connectivity index (χ0v) is 24.0. The number of aliphatic hydroxyl groups excluding tert-OH is 1. The molecule has 224 valence electrons. The van der Waals surface area contributed by atoms with Crippen molar-refractivity contribution in [3.05, 3.63) is 65.7 Å². The molecule has 0 unspecified atom stereocenters. The molecule has 3 aromatic rings. The zero-order chi connectivity index (χ0) is 31.1. The van der Waals surface area contributed by atoms with Crippen LogP contribution in [-0.2, 0) is 14.9 Å². The molecule has 0 radical (unpaired) electrons. The van der Waals surface area contributed by atoms with E-state index in [4.69, 9.17) is 19.3 Å². The average Bonchev–Trinajstić information content (AvgIpc) is 2.98. The summed E-state index contributed by atoms with van der Waals surface area (Å²) in [4.78, 5) is 24.6. The van der Waals surface area contributed by atoms with Crippen LogP contribution in [0.25, 0.3) is 6.08 Å². The number of ketones is 1. The molecule has 43 heavy (non-hydrogen) atoms. The predicted molar refractivity (Wildman–Crippen MR) is 158 cm³/mol. The highest BCUT2D eigenvalue weighted by atomic mass is 32.2. The van der Waals surface area contributed by atoms with E-state index in [0.29, 0.717) is 34.3 Å². The lowest BCUT2D eigenvalue weighted by Gasteiger charge is -2.17.